The fourth-order valence-corrected chi connectivity index (χ4v) is 1.20. The molecule has 0 fully saturated rings. The second kappa shape index (κ2) is 5.05. The first-order chi connectivity index (χ1) is 8.84. The van der Waals surface area contributed by atoms with Crippen LogP contribution in [-0.2, 0) is 6.18 Å². The first-order valence-electron chi connectivity index (χ1n) is 5.93. The highest BCUT2D eigenvalue weighted by Crippen LogP contribution is 2.28. The van der Waals surface area contributed by atoms with Crippen molar-refractivity contribution in [1.29, 1.82) is 0 Å². The number of nitrogens with zero attached hydrogens (tertiary/aromatic N) is 1. The SMILES string of the molecule is CC(C)(O)C(C)(C)NC(=O)c1ccc(C(F)(F)F)cn1. The minimum atomic E-state index is -4.49. The molecule has 1 heterocycles. The predicted molar refractivity (Wildman–Crippen MR) is 67.1 cm³/mol. The maximum absolute atomic E-state index is 12.4. The number of amides is 1. The van der Waals surface area contributed by atoms with Gasteiger partial charge in [0.15, 0.2) is 0 Å². The van der Waals surface area contributed by atoms with Gasteiger partial charge < -0.3 is 10.4 Å². The van der Waals surface area contributed by atoms with E-state index < -0.39 is 28.8 Å². The quantitative estimate of drug-likeness (QED) is 0.898. The van der Waals surface area contributed by atoms with E-state index in [0.29, 0.717) is 6.20 Å². The molecule has 0 saturated carbocycles. The zero-order valence-electron chi connectivity index (χ0n) is 11.7. The molecule has 0 aliphatic carbocycles. The van der Waals surface area contributed by atoms with Crippen LogP contribution in [0.15, 0.2) is 18.3 Å². The number of pyridine rings is 1. The van der Waals surface area contributed by atoms with Crippen molar-refractivity contribution in [2.24, 2.45) is 0 Å². The average Bonchev–Trinajstić information content (AvgIpc) is 2.26. The van der Waals surface area contributed by atoms with E-state index in [1.165, 1.54) is 13.8 Å². The summed E-state index contributed by atoms with van der Waals surface area (Å²) in [5.41, 5.74) is -3.23. The largest absolute Gasteiger partial charge is 0.417 e. The van der Waals surface area contributed by atoms with Gasteiger partial charge in [-0.3, -0.25) is 9.78 Å². The van der Waals surface area contributed by atoms with Gasteiger partial charge in [0, 0.05) is 6.20 Å². The summed E-state index contributed by atoms with van der Waals surface area (Å²) in [6.45, 7) is 6.25. The third-order valence-corrected chi connectivity index (χ3v) is 3.28. The number of carbonyl (C=O) groups is 1. The molecule has 20 heavy (non-hydrogen) atoms. The number of alkyl halides is 3. The van der Waals surface area contributed by atoms with E-state index in [1.807, 2.05) is 0 Å². The normalized spacial score (nSPS) is 13.2. The average molecular weight is 290 g/mol. The lowest BCUT2D eigenvalue weighted by molar-refractivity contribution is -0.137. The summed E-state index contributed by atoms with van der Waals surface area (Å²) < 4.78 is 37.1. The van der Waals surface area contributed by atoms with Crippen LogP contribution in [0.25, 0.3) is 0 Å². The zero-order chi connectivity index (χ0) is 15.8. The molecule has 0 radical (unpaired) electrons. The van der Waals surface area contributed by atoms with Gasteiger partial charge in [0.05, 0.1) is 16.7 Å². The summed E-state index contributed by atoms with van der Waals surface area (Å²) in [5, 5.41) is 12.4. The molecule has 1 rings (SSSR count). The Balaban J connectivity index is 2.90. The van der Waals surface area contributed by atoms with Crippen LogP contribution in [0, 0.1) is 0 Å². The lowest BCUT2D eigenvalue weighted by Gasteiger charge is -2.37. The molecule has 0 bridgehead atoms. The van der Waals surface area contributed by atoms with Gasteiger partial charge in [-0.05, 0) is 39.8 Å². The van der Waals surface area contributed by atoms with Crippen LogP contribution in [-0.4, -0.2) is 27.1 Å². The lowest BCUT2D eigenvalue weighted by Crippen LogP contribution is -2.57. The van der Waals surface area contributed by atoms with Crippen molar-refractivity contribution in [3.05, 3.63) is 29.6 Å². The molecule has 0 atom stereocenters. The Morgan fingerprint density at radius 2 is 1.75 bits per heavy atom. The van der Waals surface area contributed by atoms with Gasteiger partial charge in [-0.2, -0.15) is 13.2 Å². The second-order valence-corrected chi connectivity index (χ2v) is 5.57. The van der Waals surface area contributed by atoms with Crippen molar-refractivity contribution in [2.45, 2.75) is 45.0 Å². The molecular formula is C13H17F3N2O2. The number of aliphatic hydroxyl groups is 1. The van der Waals surface area contributed by atoms with Gasteiger partial charge in [-0.25, -0.2) is 0 Å². The smallest absolute Gasteiger partial charge is 0.388 e. The molecule has 4 nitrogen and oxygen atoms in total. The number of nitrogens with one attached hydrogen (secondary N) is 1. The van der Waals surface area contributed by atoms with Gasteiger partial charge >= 0.3 is 6.18 Å². The van der Waals surface area contributed by atoms with E-state index in [0.717, 1.165) is 12.1 Å². The zero-order valence-corrected chi connectivity index (χ0v) is 11.7. The highest BCUT2D eigenvalue weighted by Gasteiger charge is 2.37. The van der Waals surface area contributed by atoms with Gasteiger partial charge in [0.2, 0.25) is 0 Å². The van der Waals surface area contributed by atoms with E-state index in [9.17, 15) is 23.1 Å². The van der Waals surface area contributed by atoms with Crippen LogP contribution in [0.1, 0.15) is 43.7 Å². The number of aromatic nitrogens is 1. The van der Waals surface area contributed by atoms with E-state index >= 15 is 0 Å². The predicted octanol–water partition coefficient (Wildman–Crippen LogP) is 2.38. The molecule has 0 saturated heterocycles. The van der Waals surface area contributed by atoms with Crippen LogP contribution < -0.4 is 5.32 Å². The highest BCUT2D eigenvalue weighted by atomic mass is 19.4. The van der Waals surface area contributed by atoms with Gasteiger partial charge in [-0.1, -0.05) is 0 Å². The molecule has 0 aliphatic heterocycles. The summed E-state index contributed by atoms with van der Waals surface area (Å²) >= 11 is 0. The fourth-order valence-electron chi connectivity index (χ4n) is 1.20. The van der Waals surface area contributed by atoms with Crippen molar-refractivity contribution < 1.29 is 23.1 Å². The molecular weight excluding hydrogens is 273 g/mol. The topological polar surface area (TPSA) is 62.2 Å². The van der Waals surface area contributed by atoms with E-state index in [2.05, 4.69) is 10.3 Å². The van der Waals surface area contributed by atoms with Crippen molar-refractivity contribution in [2.75, 3.05) is 0 Å². The lowest BCUT2D eigenvalue weighted by atomic mass is 9.86. The summed E-state index contributed by atoms with van der Waals surface area (Å²) in [4.78, 5) is 15.4. The Morgan fingerprint density at radius 3 is 2.10 bits per heavy atom. The first kappa shape index (κ1) is 16.4. The Hall–Kier alpha value is -1.63. The molecule has 0 unspecified atom stereocenters. The Morgan fingerprint density at radius 1 is 1.20 bits per heavy atom. The second-order valence-electron chi connectivity index (χ2n) is 5.57. The molecule has 0 aliphatic rings. The maximum Gasteiger partial charge on any atom is 0.417 e. The van der Waals surface area contributed by atoms with Crippen molar-refractivity contribution >= 4 is 5.91 Å². The number of carbonyl (C=O) groups excluding carboxylic acids is 1. The highest BCUT2D eigenvalue weighted by molar-refractivity contribution is 5.92. The molecule has 2 N–H and O–H groups in total. The van der Waals surface area contributed by atoms with Gasteiger partial charge in [-0.15, -0.1) is 0 Å². The van der Waals surface area contributed by atoms with Crippen molar-refractivity contribution in [1.82, 2.24) is 10.3 Å². The number of rotatable bonds is 3. The van der Waals surface area contributed by atoms with E-state index in [1.54, 1.807) is 13.8 Å². The van der Waals surface area contributed by atoms with E-state index in [-0.39, 0.29) is 5.69 Å². The first-order valence-corrected chi connectivity index (χ1v) is 5.93. The molecule has 112 valence electrons. The number of halogens is 3. The summed E-state index contributed by atoms with van der Waals surface area (Å²) in [7, 11) is 0. The minimum Gasteiger partial charge on any atom is -0.388 e. The Bertz CT molecular complexity index is 488. The third-order valence-electron chi connectivity index (χ3n) is 3.28. The molecule has 1 amide bonds. The molecule has 1 aromatic rings. The number of hydrogen-bond acceptors (Lipinski definition) is 3. The van der Waals surface area contributed by atoms with Gasteiger partial charge in [0.1, 0.15) is 5.69 Å². The summed E-state index contributed by atoms with van der Waals surface area (Å²) in [5.74, 6) is -0.647. The Kier molecular flexibility index (Phi) is 4.14. The van der Waals surface area contributed by atoms with Crippen LogP contribution in [0.4, 0.5) is 13.2 Å². The third kappa shape index (κ3) is 3.69. The summed E-state index contributed by atoms with van der Waals surface area (Å²) in [6, 6.07) is 1.79. The fraction of sp³-hybridized carbons (Fsp3) is 0.538. The Labute approximate surface area is 115 Å². The van der Waals surface area contributed by atoms with Crippen LogP contribution in [0.5, 0.6) is 0 Å². The molecule has 7 heteroatoms. The monoisotopic (exact) mass is 290 g/mol. The number of hydrogen-bond donors (Lipinski definition) is 2. The molecule has 0 spiro atoms. The summed E-state index contributed by atoms with van der Waals surface area (Å²) in [6.07, 6.45) is -3.89. The maximum atomic E-state index is 12.4. The van der Waals surface area contributed by atoms with Crippen LogP contribution in [0.2, 0.25) is 0 Å². The van der Waals surface area contributed by atoms with Gasteiger partial charge in [0.25, 0.3) is 5.91 Å². The van der Waals surface area contributed by atoms with Crippen molar-refractivity contribution in [3.8, 4) is 0 Å². The van der Waals surface area contributed by atoms with Crippen LogP contribution in [0.3, 0.4) is 0 Å². The minimum absolute atomic E-state index is 0.143. The molecule has 1 aromatic heterocycles. The van der Waals surface area contributed by atoms with E-state index in [4.69, 9.17) is 0 Å². The van der Waals surface area contributed by atoms with Crippen molar-refractivity contribution in [3.63, 3.8) is 0 Å². The molecule has 0 aromatic carbocycles. The standard InChI is InChI=1S/C13H17F3N2O2/c1-11(2,12(3,4)20)18-10(19)9-6-5-8(7-17-9)13(14,15)16/h5-7,20H,1-4H3,(H,18,19). The van der Waals surface area contributed by atoms with Crippen LogP contribution >= 0.6 is 0 Å².